The fourth-order valence-corrected chi connectivity index (χ4v) is 1.84. The molecular formula is C14H16Ru. The van der Waals surface area contributed by atoms with E-state index in [2.05, 4.69) is 31.2 Å². The van der Waals surface area contributed by atoms with E-state index in [4.69, 9.17) is 0 Å². The van der Waals surface area contributed by atoms with E-state index < -0.39 is 0 Å². The van der Waals surface area contributed by atoms with Crippen LogP contribution in [0.5, 0.6) is 0 Å². The van der Waals surface area contributed by atoms with Gasteiger partial charge in [0, 0.05) is 19.5 Å². The Morgan fingerprint density at radius 1 is 0.867 bits per heavy atom. The Bertz CT molecular complexity index is 342. The molecule has 2 bridgehead atoms. The van der Waals surface area contributed by atoms with E-state index in [0.717, 1.165) is 0 Å². The van der Waals surface area contributed by atoms with E-state index in [0.29, 0.717) is 0 Å². The van der Waals surface area contributed by atoms with Crippen LogP contribution in [0.1, 0.15) is 24.8 Å². The van der Waals surface area contributed by atoms with Crippen molar-refractivity contribution in [3.8, 4) is 0 Å². The number of fused-ring (bicyclic) bond motifs is 2. The molecule has 0 saturated heterocycles. The molecule has 1 aromatic carbocycles. The summed E-state index contributed by atoms with van der Waals surface area (Å²) < 4.78 is 0. The molecule has 0 atom stereocenters. The van der Waals surface area contributed by atoms with Gasteiger partial charge in [-0.25, -0.2) is 0 Å². The Balaban J connectivity index is 0.000000141. The Kier molecular flexibility index (Phi) is 4.98. The standard InChI is InChI=1S/2C7H8.Ru/c1-2-7-4-3-6(1)5-7;1-7-5-3-2-4-6-7;/h1-2H,3-5H2;2-6H,1H3;. The summed E-state index contributed by atoms with van der Waals surface area (Å²) in [6.07, 6.45) is 8.54. The summed E-state index contributed by atoms with van der Waals surface area (Å²) in [7, 11) is 0. The van der Waals surface area contributed by atoms with Crippen molar-refractivity contribution < 1.29 is 19.5 Å². The van der Waals surface area contributed by atoms with Crippen molar-refractivity contribution in [1.82, 2.24) is 0 Å². The van der Waals surface area contributed by atoms with Gasteiger partial charge in [-0.3, -0.25) is 0 Å². The summed E-state index contributed by atoms with van der Waals surface area (Å²) in [5.74, 6) is 0. The van der Waals surface area contributed by atoms with Crippen molar-refractivity contribution >= 4 is 0 Å². The summed E-state index contributed by atoms with van der Waals surface area (Å²) in [5, 5.41) is 0. The van der Waals surface area contributed by atoms with Crippen LogP contribution in [0.25, 0.3) is 0 Å². The minimum Gasteiger partial charge on any atom is -0.0658 e. The third-order valence-electron chi connectivity index (χ3n) is 2.72. The van der Waals surface area contributed by atoms with E-state index >= 15 is 0 Å². The first-order valence-corrected chi connectivity index (χ1v) is 5.24. The van der Waals surface area contributed by atoms with Gasteiger partial charge in [-0.1, -0.05) is 59.2 Å². The first-order valence-electron chi connectivity index (χ1n) is 5.24. The number of rotatable bonds is 0. The van der Waals surface area contributed by atoms with E-state index in [1.807, 2.05) is 18.2 Å². The number of allylic oxidation sites excluding steroid dienone is 4. The molecule has 2 aliphatic carbocycles. The largest absolute Gasteiger partial charge is 0.0658 e. The summed E-state index contributed by atoms with van der Waals surface area (Å²) in [4.78, 5) is 0. The van der Waals surface area contributed by atoms with Crippen LogP contribution in [-0.4, -0.2) is 0 Å². The number of benzene rings is 1. The SMILES string of the molecule is C1=C2CCC(=C1)C2.Cc1ccccc1.[Ru]. The second-order valence-electron chi connectivity index (χ2n) is 3.98. The molecule has 0 radical (unpaired) electrons. The van der Waals surface area contributed by atoms with Gasteiger partial charge in [0.05, 0.1) is 0 Å². The maximum Gasteiger partial charge on any atom is 0 e. The van der Waals surface area contributed by atoms with Crippen molar-refractivity contribution in [2.45, 2.75) is 26.2 Å². The Morgan fingerprint density at radius 2 is 1.40 bits per heavy atom. The zero-order valence-electron chi connectivity index (χ0n) is 9.02. The molecule has 2 aliphatic rings. The molecule has 0 nitrogen and oxygen atoms in total. The number of aryl methyl sites for hydroxylation is 1. The summed E-state index contributed by atoms with van der Waals surface area (Å²) in [5.41, 5.74) is 4.62. The van der Waals surface area contributed by atoms with Crippen LogP contribution < -0.4 is 0 Å². The maximum absolute atomic E-state index is 2.26. The molecule has 1 fully saturated rings. The third-order valence-corrected chi connectivity index (χ3v) is 2.72. The molecule has 3 rings (SSSR count). The molecule has 0 heterocycles. The van der Waals surface area contributed by atoms with Crippen LogP contribution in [0.2, 0.25) is 0 Å². The molecule has 80 valence electrons. The zero-order chi connectivity index (χ0) is 9.80. The van der Waals surface area contributed by atoms with Crippen molar-refractivity contribution in [2.75, 3.05) is 0 Å². The Morgan fingerprint density at radius 3 is 1.60 bits per heavy atom. The van der Waals surface area contributed by atoms with Gasteiger partial charge in [-0.15, -0.1) is 0 Å². The van der Waals surface area contributed by atoms with Gasteiger partial charge in [-0.05, 0) is 26.2 Å². The number of hydrogen-bond donors (Lipinski definition) is 0. The van der Waals surface area contributed by atoms with Crippen LogP contribution >= 0.6 is 0 Å². The zero-order valence-corrected chi connectivity index (χ0v) is 10.8. The molecule has 0 amide bonds. The second-order valence-corrected chi connectivity index (χ2v) is 3.98. The van der Waals surface area contributed by atoms with Crippen LogP contribution in [0.4, 0.5) is 0 Å². The predicted octanol–water partition coefficient (Wildman–Crippen LogP) is 4.03. The molecule has 0 N–H and O–H groups in total. The van der Waals surface area contributed by atoms with E-state index in [1.54, 1.807) is 11.1 Å². The van der Waals surface area contributed by atoms with Crippen molar-refractivity contribution in [3.05, 3.63) is 59.2 Å². The van der Waals surface area contributed by atoms with Gasteiger partial charge in [0.1, 0.15) is 0 Å². The molecule has 0 aromatic heterocycles. The van der Waals surface area contributed by atoms with Crippen molar-refractivity contribution in [3.63, 3.8) is 0 Å². The summed E-state index contributed by atoms with van der Waals surface area (Å²) >= 11 is 0. The van der Waals surface area contributed by atoms with Gasteiger partial charge in [0.25, 0.3) is 0 Å². The quantitative estimate of drug-likeness (QED) is 0.631. The summed E-state index contributed by atoms with van der Waals surface area (Å²) in [6, 6.07) is 10.3. The molecule has 0 aliphatic heterocycles. The van der Waals surface area contributed by atoms with Gasteiger partial charge in [-0.2, -0.15) is 0 Å². The smallest absolute Gasteiger partial charge is 0 e. The first kappa shape index (κ1) is 12.4. The molecule has 1 saturated carbocycles. The number of hydrogen-bond acceptors (Lipinski definition) is 0. The minimum absolute atomic E-state index is 0. The Labute approximate surface area is 105 Å². The van der Waals surface area contributed by atoms with Crippen LogP contribution in [-0.2, 0) is 19.5 Å². The molecule has 0 unspecified atom stereocenters. The minimum atomic E-state index is 0. The monoisotopic (exact) mass is 286 g/mol. The van der Waals surface area contributed by atoms with Crippen LogP contribution in [0.3, 0.4) is 0 Å². The Hall–Kier alpha value is -0.677. The van der Waals surface area contributed by atoms with E-state index in [-0.39, 0.29) is 19.5 Å². The van der Waals surface area contributed by atoms with Gasteiger partial charge < -0.3 is 0 Å². The van der Waals surface area contributed by atoms with Gasteiger partial charge in [0.2, 0.25) is 0 Å². The fourth-order valence-electron chi connectivity index (χ4n) is 1.84. The second kappa shape index (κ2) is 6.03. The topological polar surface area (TPSA) is 0 Å². The molecule has 1 heteroatoms. The van der Waals surface area contributed by atoms with Crippen LogP contribution in [0.15, 0.2) is 53.6 Å². The molecule has 1 aromatic rings. The van der Waals surface area contributed by atoms with Crippen LogP contribution in [0, 0.1) is 6.92 Å². The van der Waals surface area contributed by atoms with Crippen molar-refractivity contribution in [1.29, 1.82) is 0 Å². The van der Waals surface area contributed by atoms with Crippen molar-refractivity contribution in [2.24, 2.45) is 0 Å². The van der Waals surface area contributed by atoms with Gasteiger partial charge in [0.15, 0.2) is 0 Å². The predicted molar refractivity (Wildman–Crippen MR) is 61.2 cm³/mol. The van der Waals surface area contributed by atoms with E-state index in [1.165, 1.54) is 24.8 Å². The maximum atomic E-state index is 2.26. The fraction of sp³-hybridized carbons (Fsp3) is 0.286. The molecule has 0 spiro atoms. The third kappa shape index (κ3) is 3.76. The van der Waals surface area contributed by atoms with Gasteiger partial charge >= 0.3 is 0 Å². The normalized spacial score (nSPS) is 15.8. The van der Waals surface area contributed by atoms with E-state index in [9.17, 15) is 0 Å². The molecular weight excluding hydrogens is 269 g/mol. The first-order chi connectivity index (χ1) is 6.84. The average molecular weight is 285 g/mol. The average Bonchev–Trinajstić information content (AvgIpc) is 2.83. The summed E-state index contributed by atoms with van der Waals surface area (Å²) in [6.45, 7) is 2.08. The molecule has 15 heavy (non-hydrogen) atoms.